The predicted octanol–water partition coefficient (Wildman–Crippen LogP) is 4.47. The van der Waals surface area contributed by atoms with Crippen LogP contribution in [0.2, 0.25) is 5.02 Å². The first-order chi connectivity index (χ1) is 10.1. The van der Waals surface area contributed by atoms with Gasteiger partial charge in [-0.15, -0.1) is 0 Å². The summed E-state index contributed by atoms with van der Waals surface area (Å²) in [6.45, 7) is 0.410. The number of carbonyl (C=O) groups is 1. The monoisotopic (exact) mass is 367 g/mol. The molecule has 0 bridgehead atoms. The standard InChI is InChI=1S/C16H15BrClNO2/c1-21-16(20)13(11-5-3-2-4-6-11)10-19-15-9-12(17)7-8-14(15)18/h2-9,13,19H,10H2,1H3. The number of anilines is 1. The third-order valence-electron chi connectivity index (χ3n) is 3.11. The van der Waals surface area contributed by atoms with E-state index in [1.165, 1.54) is 7.11 Å². The predicted molar refractivity (Wildman–Crippen MR) is 88.8 cm³/mol. The third-order valence-corrected chi connectivity index (χ3v) is 3.94. The van der Waals surface area contributed by atoms with Gasteiger partial charge in [-0.3, -0.25) is 4.79 Å². The molecular formula is C16H15BrClNO2. The van der Waals surface area contributed by atoms with Crippen LogP contribution < -0.4 is 5.32 Å². The molecule has 3 nitrogen and oxygen atoms in total. The molecule has 0 amide bonds. The minimum atomic E-state index is -0.383. The summed E-state index contributed by atoms with van der Waals surface area (Å²) < 4.78 is 5.81. The molecule has 1 unspecified atom stereocenters. The van der Waals surface area contributed by atoms with Crippen molar-refractivity contribution in [1.82, 2.24) is 0 Å². The maximum Gasteiger partial charge on any atom is 0.314 e. The summed E-state index contributed by atoms with van der Waals surface area (Å²) in [5.41, 5.74) is 1.68. The smallest absolute Gasteiger partial charge is 0.314 e. The molecule has 0 fully saturated rings. The van der Waals surface area contributed by atoms with Crippen LogP contribution in [0.5, 0.6) is 0 Å². The van der Waals surface area contributed by atoms with Crippen LogP contribution in [0, 0.1) is 0 Å². The second-order valence-corrected chi connectivity index (χ2v) is 5.81. The van der Waals surface area contributed by atoms with Crippen LogP contribution in [-0.2, 0) is 9.53 Å². The van der Waals surface area contributed by atoms with Crippen LogP contribution in [0.4, 0.5) is 5.69 Å². The SMILES string of the molecule is COC(=O)C(CNc1cc(Br)ccc1Cl)c1ccccc1. The van der Waals surface area contributed by atoms with Gasteiger partial charge in [0, 0.05) is 11.0 Å². The molecule has 2 aromatic rings. The molecule has 2 rings (SSSR count). The van der Waals surface area contributed by atoms with Crippen molar-refractivity contribution < 1.29 is 9.53 Å². The zero-order valence-corrected chi connectivity index (χ0v) is 13.8. The van der Waals surface area contributed by atoms with E-state index in [4.69, 9.17) is 16.3 Å². The highest BCUT2D eigenvalue weighted by molar-refractivity contribution is 9.10. The van der Waals surface area contributed by atoms with Crippen molar-refractivity contribution in [3.63, 3.8) is 0 Å². The zero-order valence-electron chi connectivity index (χ0n) is 11.5. The second-order valence-electron chi connectivity index (χ2n) is 4.49. The molecule has 21 heavy (non-hydrogen) atoms. The Bertz CT molecular complexity index is 619. The van der Waals surface area contributed by atoms with Gasteiger partial charge in [-0.25, -0.2) is 0 Å². The fourth-order valence-corrected chi connectivity index (χ4v) is 2.56. The fourth-order valence-electron chi connectivity index (χ4n) is 2.01. The lowest BCUT2D eigenvalue weighted by molar-refractivity contribution is -0.142. The topological polar surface area (TPSA) is 38.3 Å². The number of hydrogen-bond acceptors (Lipinski definition) is 3. The second kappa shape index (κ2) is 7.48. The Morgan fingerprint density at radius 1 is 1.29 bits per heavy atom. The first-order valence-corrected chi connectivity index (χ1v) is 7.60. The summed E-state index contributed by atoms with van der Waals surface area (Å²) in [4.78, 5) is 12.0. The van der Waals surface area contributed by atoms with Gasteiger partial charge in [0.15, 0.2) is 0 Å². The summed E-state index contributed by atoms with van der Waals surface area (Å²) in [6.07, 6.45) is 0. The van der Waals surface area contributed by atoms with E-state index in [0.717, 1.165) is 15.7 Å². The zero-order chi connectivity index (χ0) is 15.2. The van der Waals surface area contributed by atoms with Crippen molar-refractivity contribution in [2.45, 2.75) is 5.92 Å². The van der Waals surface area contributed by atoms with E-state index in [-0.39, 0.29) is 11.9 Å². The van der Waals surface area contributed by atoms with Crippen LogP contribution in [0.3, 0.4) is 0 Å². The molecule has 2 aromatic carbocycles. The molecular weight excluding hydrogens is 354 g/mol. The Balaban J connectivity index is 2.16. The Morgan fingerprint density at radius 2 is 2.00 bits per heavy atom. The number of ether oxygens (including phenoxy) is 1. The van der Waals surface area contributed by atoms with Gasteiger partial charge in [-0.2, -0.15) is 0 Å². The molecule has 5 heteroatoms. The third kappa shape index (κ3) is 4.22. The number of benzene rings is 2. The Hall–Kier alpha value is -1.52. The van der Waals surface area contributed by atoms with E-state index in [2.05, 4.69) is 21.2 Å². The lowest BCUT2D eigenvalue weighted by Gasteiger charge is -2.17. The summed E-state index contributed by atoms with van der Waals surface area (Å²) in [5.74, 6) is -0.661. The van der Waals surface area contributed by atoms with E-state index in [1.807, 2.05) is 42.5 Å². The van der Waals surface area contributed by atoms with Gasteiger partial charge in [-0.1, -0.05) is 57.9 Å². The molecule has 0 aromatic heterocycles. The normalized spacial score (nSPS) is 11.8. The van der Waals surface area contributed by atoms with E-state index in [1.54, 1.807) is 6.07 Å². The number of rotatable bonds is 5. The molecule has 0 heterocycles. The number of carbonyl (C=O) groups excluding carboxylic acids is 1. The average Bonchev–Trinajstić information content (AvgIpc) is 2.51. The summed E-state index contributed by atoms with van der Waals surface area (Å²) >= 11 is 9.54. The average molecular weight is 369 g/mol. The Labute approximate surface area is 137 Å². The summed E-state index contributed by atoms with van der Waals surface area (Å²) in [5, 5.41) is 3.81. The van der Waals surface area contributed by atoms with Gasteiger partial charge >= 0.3 is 5.97 Å². The van der Waals surface area contributed by atoms with Crippen LogP contribution in [-0.4, -0.2) is 19.6 Å². The molecule has 0 aliphatic carbocycles. The minimum Gasteiger partial charge on any atom is -0.468 e. The van der Waals surface area contributed by atoms with Gasteiger partial charge in [0.2, 0.25) is 0 Å². The molecule has 0 saturated carbocycles. The molecule has 0 aliphatic heterocycles. The van der Waals surface area contributed by atoms with Gasteiger partial charge in [0.05, 0.1) is 23.7 Å². The van der Waals surface area contributed by atoms with E-state index in [9.17, 15) is 4.79 Å². The van der Waals surface area contributed by atoms with Crippen LogP contribution in [0.25, 0.3) is 0 Å². The maximum atomic E-state index is 12.0. The van der Waals surface area contributed by atoms with Gasteiger partial charge in [-0.05, 0) is 23.8 Å². The van der Waals surface area contributed by atoms with Crippen molar-refractivity contribution in [3.8, 4) is 0 Å². The highest BCUT2D eigenvalue weighted by atomic mass is 79.9. The number of halogens is 2. The van der Waals surface area contributed by atoms with Crippen molar-refractivity contribution >= 4 is 39.2 Å². The van der Waals surface area contributed by atoms with Gasteiger partial charge < -0.3 is 10.1 Å². The molecule has 1 N–H and O–H groups in total. The first kappa shape index (κ1) is 15.9. The molecule has 0 saturated heterocycles. The van der Waals surface area contributed by atoms with Crippen LogP contribution >= 0.6 is 27.5 Å². The quantitative estimate of drug-likeness (QED) is 0.791. The maximum absolute atomic E-state index is 12.0. The number of methoxy groups -OCH3 is 1. The van der Waals surface area contributed by atoms with Crippen molar-refractivity contribution in [1.29, 1.82) is 0 Å². The van der Waals surface area contributed by atoms with Crippen LogP contribution in [0.1, 0.15) is 11.5 Å². The van der Waals surface area contributed by atoms with E-state index < -0.39 is 0 Å². The van der Waals surface area contributed by atoms with E-state index >= 15 is 0 Å². The Morgan fingerprint density at radius 3 is 2.67 bits per heavy atom. The summed E-state index contributed by atoms with van der Waals surface area (Å²) in [6, 6.07) is 15.1. The van der Waals surface area contributed by atoms with Crippen molar-refractivity contribution in [2.24, 2.45) is 0 Å². The number of hydrogen-bond donors (Lipinski definition) is 1. The van der Waals surface area contributed by atoms with Gasteiger partial charge in [0.25, 0.3) is 0 Å². The molecule has 110 valence electrons. The van der Waals surface area contributed by atoms with E-state index in [0.29, 0.717) is 11.6 Å². The highest BCUT2D eigenvalue weighted by Crippen LogP contribution is 2.27. The van der Waals surface area contributed by atoms with Crippen molar-refractivity contribution in [3.05, 3.63) is 63.6 Å². The molecule has 1 atom stereocenters. The van der Waals surface area contributed by atoms with Gasteiger partial charge in [0.1, 0.15) is 0 Å². The molecule has 0 aliphatic rings. The summed E-state index contributed by atoms with van der Waals surface area (Å²) in [7, 11) is 1.39. The molecule has 0 spiro atoms. The minimum absolute atomic E-state index is 0.278. The Kier molecular flexibility index (Phi) is 5.65. The fraction of sp³-hybridized carbons (Fsp3) is 0.188. The van der Waals surface area contributed by atoms with Crippen LogP contribution in [0.15, 0.2) is 53.0 Å². The van der Waals surface area contributed by atoms with Crippen molar-refractivity contribution in [2.75, 3.05) is 19.0 Å². The lowest BCUT2D eigenvalue weighted by Crippen LogP contribution is -2.22. The lowest BCUT2D eigenvalue weighted by atomic mass is 9.99. The number of esters is 1. The first-order valence-electron chi connectivity index (χ1n) is 6.43. The highest BCUT2D eigenvalue weighted by Gasteiger charge is 2.21. The number of nitrogens with one attached hydrogen (secondary N) is 1. The molecule has 0 radical (unpaired) electrons. The largest absolute Gasteiger partial charge is 0.468 e.